The first-order valence-corrected chi connectivity index (χ1v) is 9.25. The monoisotopic (exact) mass is 380 g/mol. The third-order valence-electron chi connectivity index (χ3n) is 5.42. The van der Waals surface area contributed by atoms with Gasteiger partial charge in [-0.3, -0.25) is 9.78 Å². The molecule has 6 nitrogen and oxygen atoms in total. The van der Waals surface area contributed by atoms with Gasteiger partial charge < -0.3 is 15.0 Å². The number of nitrogens with zero attached hydrogens (tertiary/aromatic N) is 3. The molecule has 28 heavy (non-hydrogen) atoms. The van der Waals surface area contributed by atoms with E-state index in [2.05, 4.69) is 11.4 Å². The molecule has 0 saturated carbocycles. The van der Waals surface area contributed by atoms with Crippen LogP contribution >= 0.6 is 0 Å². The number of piperidine rings is 1. The first-order valence-electron chi connectivity index (χ1n) is 9.25. The Bertz CT molecular complexity index is 987. The molecule has 1 amide bonds. The van der Waals surface area contributed by atoms with Crippen molar-refractivity contribution in [3.63, 3.8) is 0 Å². The molecule has 0 radical (unpaired) electrons. The summed E-state index contributed by atoms with van der Waals surface area (Å²) in [4.78, 5) is 18.6. The number of pyridine rings is 1. The van der Waals surface area contributed by atoms with E-state index in [1.807, 2.05) is 6.92 Å². The van der Waals surface area contributed by atoms with Crippen molar-refractivity contribution in [2.75, 3.05) is 20.1 Å². The lowest BCUT2D eigenvalue weighted by atomic mass is 9.84. The van der Waals surface area contributed by atoms with Gasteiger partial charge in [-0.15, -0.1) is 0 Å². The molecular weight excluding hydrogens is 359 g/mol. The van der Waals surface area contributed by atoms with E-state index >= 15 is 4.39 Å². The number of carbonyl (C=O) groups is 1. The third kappa shape index (κ3) is 2.90. The van der Waals surface area contributed by atoms with E-state index in [-0.39, 0.29) is 12.5 Å². The van der Waals surface area contributed by atoms with Gasteiger partial charge in [-0.2, -0.15) is 5.26 Å². The minimum Gasteiger partial charge on any atom is -0.478 e. The lowest BCUT2D eigenvalue weighted by Gasteiger charge is -2.41. The van der Waals surface area contributed by atoms with Gasteiger partial charge in [0.15, 0.2) is 11.8 Å². The van der Waals surface area contributed by atoms with Crippen LogP contribution < -0.4 is 10.1 Å². The Labute approximate surface area is 162 Å². The molecule has 3 heterocycles. The summed E-state index contributed by atoms with van der Waals surface area (Å²) in [5.74, 6) is 0.356. The van der Waals surface area contributed by atoms with E-state index in [4.69, 9.17) is 15.0 Å². The van der Waals surface area contributed by atoms with Gasteiger partial charge in [0.05, 0.1) is 35.1 Å². The summed E-state index contributed by atoms with van der Waals surface area (Å²) < 4.78 is 21.6. The Morgan fingerprint density at radius 3 is 3.00 bits per heavy atom. The largest absolute Gasteiger partial charge is 0.478 e. The summed E-state index contributed by atoms with van der Waals surface area (Å²) >= 11 is 0. The molecule has 0 unspecified atom stereocenters. The molecule has 1 fully saturated rings. The molecule has 144 valence electrons. The highest BCUT2D eigenvalue weighted by Gasteiger charge is 2.48. The second-order valence-electron chi connectivity index (χ2n) is 7.36. The lowest BCUT2D eigenvalue weighted by molar-refractivity contribution is -0.0418. The van der Waals surface area contributed by atoms with Crippen molar-refractivity contribution in [3.8, 4) is 11.8 Å². The van der Waals surface area contributed by atoms with Crippen molar-refractivity contribution in [2.24, 2.45) is 0 Å². The summed E-state index contributed by atoms with van der Waals surface area (Å²) in [7, 11) is 1.72. The average Bonchev–Trinajstić information content (AvgIpc) is 2.97. The SMILES string of the molecule is Cc1cc2c(nc1[C@]1(Oc3cccc(C#N)c3)CCNC[C@@H]1F)CN(C)C2=O. The van der Waals surface area contributed by atoms with Crippen molar-refractivity contribution < 1.29 is 13.9 Å². The number of hydrogen-bond donors (Lipinski definition) is 1. The van der Waals surface area contributed by atoms with Crippen LogP contribution in [0.5, 0.6) is 5.75 Å². The highest BCUT2D eigenvalue weighted by Crippen LogP contribution is 2.40. The second-order valence-corrected chi connectivity index (χ2v) is 7.36. The van der Waals surface area contributed by atoms with E-state index in [0.29, 0.717) is 47.8 Å². The van der Waals surface area contributed by atoms with Crippen LogP contribution in [0.25, 0.3) is 0 Å². The van der Waals surface area contributed by atoms with Crippen molar-refractivity contribution in [3.05, 3.63) is 58.4 Å². The number of rotatable bonds is 3. The third-order valence-corrected chi connectivity index (χ3v) is 5.42. The molecule has 0 aliphatic carbocycles. The molecule has 1 saturated heterocycles. The van der Waals surface area contributed by atoms with Gasteiger partial charge in [0, 0.05) is 20.0 Å². The summed E-state index contributed by atoms with van der Waals surface area (Å²) in [5.41, 5.74) is 1.63. The molecule has 2 atom stereocenters. The predicted molar refractivity (Wildman–Crippen MR) is 101 cm³/mol. The number of nitrogens with one attached hydrogen (secondary N) is 1. The number of benzene rings is 1. The van der Waals surface area contributed by atoms with Crippen LogP contribution in [0.4, 0.5) is 4.39 Å². The van der Waals surface area contributed by atoms with Crippen molar-refractivity contribution >= 4 is 5.91 Å². The van der Waals surface area contributed by atoms with Gasteiger partial charge in [-0.1, -0.05) is 6.07 Å². The zero-order valence-electron chi connectivity index (χ0n) is 15.8. The Morgan fingerprint density at radius 1 is 1.43 bits per heavy atom. The van der Waals surface area contributed by atoms with E-state index in [1.54, 1.807) is 42.3 Å². The van der Waals surface area contributed by atoms with E-state index < -0.39 is 11.8 Å². The van der Waals surface area contributed by atoms with Gasteiger partial charge in [0.25, 0.3) is 5.91 Å². The fraction of sp³-hybridized carbons (Fsp3) is 0.381. The minimum absolute atomic E-state index is 0.0732. The fourth-order valence-corrected chi connectivity index (χ4v) is 3.98. The molecule has 1 aromatic carbocycles. The Morgan fingerprint density at radius 2 is 2.25 bits per heavy atom. The molecule has 0 bridgehead atoms. The van der Waals surface area contributed by atoms with Gasteiger partial charge in [-0.05, 0) is 43.3 Å². The first kappa shape index (κ1) is 18.4. The summed E-state index contributed by atoms with van der Waals surface area (Å²) in [6.07, 6.45) is -0.937. The number of carbonyl (C=O) groups excluding carboxylic acids is 1. The number of fused-ring (bicyclic) bond motifs is 1. The molecule has 0 spiro atoms. The quantitative estimate of drug-likeness (QED) is 0.885. The average molecular weight is 380 g/mol. The van der Waals surface area contributed by atoms with Gasteiger partial charge >= 0.3 is 0 Å². The number of aromatic nitrogens is 1. The fourth-order valence-electron chi connectivity index (χ4n) is 3.98. The number of alkyl halides is 1. The van der Waals surface area contributed by atoms with Crippen molar-refractivity contribution in [1.29, 1.82) is 5.26 Å². The molecular formula is C21H21FN4O2. The molecule has 2 aromatic rings. The van der Waals surface area contributed by atoms with Crippen LogP contribution in [0, 0.1) is 18.3 Å². The number of ether oxygens (including phenoxy) is 1. The van der Waals surface area contributed by atoms with E-state index in [0.717, 1.165) is 5.56 Å². The van der Waals surface area contributed by atoms with Gasteiger partial charge in [0.1, 0.15) is 5.75 Å². The zero-order chi connectivity index (χ0) is 19.9. The zero-order valence-corrected chi connectivity index (χ0v) is 15.8. The van der Waals surface area contributed by atoms with Gasteiger partial charge in [0.2, 0.25) is 0 Å². The molecule has 2 aliphatic heterocycles. The van der Waals surface area contributed by atoms with Crippen LogP contribution in [-0.2, 0) is 12.1 Å². The molecule has 7 heteroatoms. The Hall–Kier alpha value is -2.98. The molecule has 2 aliphatic rings. The maximum atomic E-state index is 15.4. The summed E-state index contributed by atoms with van der Waals surface area (Å²) in [5, 5.41) is 12.2. The van der Waals surface area contributed by atoms with Crippen LogP contribution in [0.3, 0.4) is 0 Å². The number of hydrogen-bond acceptors (Lipinski definition) is 5. The highest BCUT2D eigenvalue weighted by molar-refractivity contribution is 5.97. The maximum Gasteiger partial charge on any atom is 0.255 e. The lowest BCUT2D eigenvalue weighted by Crippen LogP contribution is -2.54. The standard InChI is InChI=1S/C21H21FN4O2/c1-13-8-16-17(12-26(2)20(16)27)25-19(13)21(6-7-24-11-18(21)22)28-15-5-3-4-14(9-15)10-23/h3-5,8-9,18,24H,6-7,11-12H2,1-2H3/t18-,21-/m0/s1. The topological polar surface area (TPSA) is 78.2 Å². The highest BCUT2D eigenvalue weighted by atomic mass is 19.1. The number of nitriles is 1. The van der Waals surface area contributed by atoms with Crippen LogP contribution in [-0.4, -0.2) is 42.1 Å². The smallest absolute Gasteiger partial charge is 0.255 e. The van der Waals surface area contributed by atoms with Crippen LogP contribution in [0.1, 0.15) is 39.3 Å². The molecule has 1 N–H and O–H groups in total. The van der Waals surface area contributed by atoms with Crippen molar-refractivity contribution in [1.82, 2.24) is 15.2 Å². The van der Waals surface area contributed by atoms with Crippen molar-refractivity contribution in [2.45, 2.75) is 31.7 Å². The minimum atomic E-state index is -1.33. The summed E-state index contributed by atoms with van der Waals surface area (Å²) in [6.45, 7) is 2.96. The van der Waals surface area contributed by atoms with E-state index in [1.165, 1.54) is 0 Å². The van der Waals surface area contributed by atoms with Gasteiger partial charge in [-0.25, -0.2) is 4.39 Å². The Balaban J connectivity index is 1.82. The summed E-state index contributed by atoms with van der Waals surface area (Å²) in [6, 6.07) is 10.6. The Kier molecular flexibility index (Phi) is 4.52. The number of aryl methyl sites for hydroxylation is 1. The van der Waals surface area contributed by atoms with E-state index in [9.17, 15) is 4.79 Å². The molecule has 4 rings (SSSR count). The normalized spacial score (nSPS) is 24.0. The molecule has 1 aromatic heterocycles. The van der Waals surface area contributed by atoms with Crippen LogP contribution in [0.15, 0.2) is 30.3 Å². The number of amides is 1. The second kappa shape index (κ2) is 6.88. The number of halogens is 1. The first-order chi connectivity index (χ1) is 13.4. The maximum absolute atomic E-state index is 15.4. The van der Waals surface area contributed by atoms with Crippen LogP contribution in [0.2, 0.25) is 0 Å². The predicted octanol–water partition coefficient (Wildman–Crippen LogP) is 2.45.